The summed E-state index contributed by atoms with van der Waals surface area (Å²) in [4.78, 5) is 4.10. The molecule has 0 atom stereocenters. The van der Waals surface area contributed by atoms with E-state index in [-0.39, 0.29) is 0 Å². The van der Waals surface area contributed by atoms with Gasteiger partial charge in [0.15, 0.2) is 5.82 Å². The molecule has 0 aliphatic carbocycles. The van der Waals surface area contributed by atoms with Gasteiger partial charge in [0.1, 0.15) is 5.15 Å². The number of anilines is 2. The molecule has 0 saturated carbocycles. The van der Waals surface area contributed by atoms with Gasteiger partial charge in [-0.3, -0.25) is 0 Å². The van der Waals surface area contributed by atoms with Crippen molar-refractivity contribution in [2.45, 2.75) is 20.3 Å². The molecule has 78 valence electrons. The van der Waals surface area contributed by atoms with Crippen LogP contribution in [0, 0.1) is 5.92 Å². The Morgan fingerprint density at radius 2 is 2.21 bits per heavy atom. The molecule has 1 heterocycles. The van der Waals surface area contributed by atoms with Crippen molar-refractivity contribution in [3.63, 3.8) is 0 Å². The third-order valence-electron chi connectivity index (χ3n) is 1.91. The van der Waals surface area contributed by atoms with Crippen molar-refractivity contribution >= 4 is 23.1 Å². The average Bonchev–Trinajstić information content (AvgIpc) is 2.10. The number of hydrogen-bond donors (Lipinski definition) is 2. The van der Waals surface area contributed by atoms with Gasteiger partial charge in [-0.15, -0.1) is 0 Å². The summed E-state index contributed by atoms with van der Waals surface area (Å²) in [5, 5.41) is 3.63. The van der Waals surface area contributed by atoms with Gasteiger partial charge in [-0.25, -0.2) is 4.98 Å². The first-order valence-corrected chi connectivity index (χ1v) is 5.13. The highest BCUT2D eigenvalue weighted by Gasteiger charge is 2.01. The van der Waals surface area contributed by atoms with Crippen molar-refractivity contribution in [1.82, 2.24) is 4.98 Å². The van der Waals surface area contributed by atoms with Gasteiger partial charge >= 0.3 is 0 Å². The van der Waals surface area contributed by atoms with Crippen LogP contribution in [0.4, 0.5) is 11.5 Å². The largest absolute Gasteiger partial charge is 0.396 e. The van der Waals surface area contributed by atoms with Gasteiger partial charge in [0.05, 0.1) is 5.69 Å². The number of nitrogens with zero attached hydrogens (tertiary/aromatic N) is 1. The van der Waals surface area contributed by atoms with E-state index in [1.54, 1.807) is 12.1 Å². The summed E-state index contributed by atoms with van der Waals surface area (Å²) in [6.07, 6.45) is 1.09. The molecule has 14 heavy (non-hydrogen) atoms. The van der Waals surface area contributed by atoms with Crippen LogP contribution in [0.1, 0.15) is 20.3 Å². The van der Waals surface area contributed by atoms with Crippen molar-refractivity contribution in [1.29, 1.82) is 0 Å². The lowest BCUT2D eigenvalue weighted by atomic mass is 10.1. The van der Waals surface area contributed by atoms with Crippen LogP contribution in [-0.4, -0.2) is 11.5 Å². The van der Waals surface area contributed by atoms with E-state index in [0.717, 1.165) is 13.0 Å². The lowest BCUT2D eigenvalue weighted by Crippen LogP contribution is -2.08. The van der Waals surface area contributed by atoms with Crippen LogP contribution in [-0.2, 0) is 0 Å². The highest BCUT2D eigenvalue weighted by atomic mass is 35.5. The summed E-state index contributed by atoms with van der Waals surface area (Å²) in [6, 6.07) is 3.44. The first kappa shape index (κ1) is 11.1. The SMILES string of the molecule is CC(C)CCNc1nc(Cl)ccc1N. The molecular weight excluding hydrogens is 198 g/mol. The molecule has 0 aromatic carbocycles. The zero-order valence-corrected chi connectivity index (χ0v) is 9.30. The summed E-state index contributed by atoms with van der Waals surface area (Å²) in [7, 11) is 0. The molecule has 0 amide bonds. The first-order chi connectivity index (χ1) is 6.59. The number of nitrogens with one attached hydrogen (secondary N) is 1. The fourth-order valence-corrected chi connectivity index (χ4v) is 1.21. The van der Waals surface area contributed by atoms with Crippen LogP contribution >= 0.6 is 11.6 Å². The molecule has 0 bridgehead atoms. The molecular formula is C10H16ClN3. The normalized spacial score (nSPS) is 10.6. The van der Waals surface area contributed by atoms with Crippen LogP contribution in [0.15, 0.2) is 12.1 Å². The van der Waals surface area contributed by atoms with Gasteiger partial charge in [0.2, 0.25) is 0 Å². The van der Waals surface area contributed by atoms with Crippen LogP contribution in [0.25, 0.3) is 0 Å². The van der Waals surface area contributed by atoms with Gasteiger partial charge in [-0.05, 0) is 24.5 Å². The van der Waals surface area contributed by atoms with Crippen LogP contribution in [0.3, 0.4) is 0 Å². The first-order valence-electron chi connectivity index (χ1n) is 4.75. The zero-order valence-electron chi connectivity index (χ0n) is 8.55. The summed E-state index contributed by atoms with van der Waals surface area (Å²) >= 11 is 5.75. The fourth-order valence-electron chi connectivity index (χ4n) is 1.07. The number of halogens is 1. The van der Waals surface area contributed by atoms with Crippen molar-refractivity contribution < 1.29 is 0 Å². The standard InChI is InChI=1S/C10H16ClN3/c1-7(2)5-6-13-10-8(12)3-4-9(11)14-10/h3-4,7H,5-6,12H2,1-2H3,(H,13,14). The monoisotopic (exact) mass is 213 g/mol. The lowest BCUT2D eigenvalue weighted by molar-refractivity contribution is 0.607. The van der Waals surface area contributed by atoms with E-state index in [1.807, 2.05) is 0 Å². The molecule has 0 saturated heterocycles. The fraction of sp³-hybridized carbons (Fsp3) is 0.500. The van der Waals surface area contributed by atoms with Gasteiger partial charge < -0.3 is 11.1 Å². The second-order valence-corrected chi connectivity index (χ2v) is 4.07. The minimum atomic E-state index is 0.464. The van der Waals surface area contributed by atoms with Crippen molar-refractivity contribution in [2.24, 2.45) is 5.92 Å². The maximum atomic E-state index is 5.75. The highest BCUT2D eigenvalue weighted by Crippen LogP contribution is 2.18. The Morgan fingerprint density at radius 1 is 1.50 bits per heavy atom. The maximum absolute atomic E-state index is 5.75. The number of nitrogens with two attached hydrogens (primary N) is 1. The third kappa shape index (κ3) is 3.42. The summed E-state index contributed by atoms with van der Waals surface area (Å²) < 4.78 is 0. The second kappa shape index (κ2) is 5.05. The Balaban J connectivity index is 2.53. The van der Waals surface area contributed by atoms with Crippen molar-refractivity contribution in [3.8, 4) is 0 Å². The van der Waals surface area contributed by atoms with Gasteiger partial charge in [0, 0.05) is 6.54 Å². The van der Waals surface area contributed by atoms with E-state index in [9.17, 15) is 0 Å². The summed E-state index contributed by atoms with van der Waals surface area (Å²) in [5.41, 5.74) is 6.36. The van der Waals surface area contributed by atoms with E-state index < -0.39 is 0 Å². The van der Waals surface area contributed by atoms with Crippen LogP contribution < -0.4 is 11.1 Å². The van der Waals surface area contributed by atoms with Gasteiger partial charge in [-0.2, -0.15) is 0 Å². The molecule has 3 nitrogen and oxygen atoms in total. The van der Waals surface area contributed by atoms with E-state index in [2.05, 4.69) is 24.1 Å². The zero-order chi connectivity index (χ0) is 10.6. The Kier molecular flexibility index (Phi) is 4.01. The Morgan fingerprint density at radius 3 is 2.86 bits per heavy atom. The quantitative estimate of drug-likeness (QED) is 0.757. The molecule has 0 spiro atoms. The average molecular weight is 214 g/mol. The number of hydrogen-bond acceptors (Lipinski definition) is 3. The molecule has 1 aromatic heterocycles. The predicted molar refractivity (Wildman–Crippen MR) is 61.6 cm³/mol. The molecule has 0 aliphatic rings. The second-order valence-electron chi connectivity index (χ2n) is 3.68. The maximum Gasteiger partial charge on any atom is 0.150 e. The van der Waals surface area contributed by atoms with E-state index in [1.165, 1.54) is 0 Å². The minimum absolute atomic E-state index is 0.464. The lowest BCUT2D eigenvalue weighted by Gasteiger charge is -2.09. The predicted octanol–water partition coefficient (Wildman–Crippen LogP) is 2.78. The molecule has 4 heteroatoms. The highest BCUT2D eigenvalue weighted by molar-refractivity contribution is 6.29. The molecule has 3 N–H and O–H groups in total. The van der Waals surface area contributed by atoms with E-state index in [4.69, 9.17) is 17.3 Å². The van der Waals surface area contributed by atoms with Crippen LogP contribution in [0.2, 0.25) is 5.15 Å². The molecule has 0 fully saturated rings. The van der Waals surface area contributed by atoms with Gasteiger partial charge in [-0.1, -0.05) is 25.4 Å². The smallest absolute Gasteiger partial charge is 0.150 e. The molecule has 0 radical (unpaired) electrons. The van der Waals surface area contributed by atoms with Gasteiger partial charge in [0.25, 0.3) is 0 Å². The summed E-state index contributed by atoms with van der Waals surface area (Å²) in [6.45, 7) is 5.22. The Bertz CT molecular complexity index is 299. The minimum Gasteiger partial charge on any atom is -0.396 e. The van der Waals surface area contributed by atoms with Crippen molar-refractivity contribution in [3.05, 3.63) is 17.3 Å². The Labute approximate surface area is 89.7 Å². The Hall–Kier alpha value is -0.960. The summed E-state index contributed by atoms with van der Waals surface area (Å²) in [5.74, 6) is 1.35. The molecule has 0 unspecified atom stereocenters. The third-order valence-corrected chi connectivity index (χ3v) is 2.12. The van der Waals surface area contributed by atoms with Crippen molar-refractivity contribution in [2.75, 3.05) is 17.6 Å². The number of aromatic nitrogens is 1. The number of pyridine rings is 1. The molecule has 1 aromatic rings. The number of nitrogen functional groups attached to an aromatic ring is 1. The van der Waals surface area contributed by atoms with Crippen LogP contribution in [0.5, 0.6) is 0 Å². The molecule has 0 aliphatic heterocycles. The van der Waals surface area contributed by atoms with E-state index >= 15 is 0 Å². The topological polar surface area (TPSA) is 50.9 Å². The number of rotatable bonds is 4. The molecule has 1 rings (SSSR count). The van der Waals surface area contributed by atoms with E-state index in [0.29, 0.717) is 22.6 Å².